The van der Waals surface area contributed by atoms with Gasteiger partial charge in [0.1, 0.15) is 0 Å². The van der Waals surface area contributed by atoms with Crippen molar-refractivity contribution in [1.82, 2.24) is 15.3 Å². The van der Waals surface area contributed by atoms with Crippen molar-refractivity contribution in [1.29, 1.82) is 0 Å². The Hall–Kier alpha value is -2.75. The van der Waals surface area contributed by atoms with Crippen molar-refractivity contribution in [2.24, 2.45) is 0 Å². The highest BCUT2D eigenvalue weighted by molar-refractivity contribution is 5.95. The molecule has 1 amide bonds. The van der Waals surface area contributed by atoms with Crippen LogP contribution in [-0.4, -0.2) is 21.9 Å². The first-order chi connectivity index (χ1) is 12.3. The molecule has 1 aromatic carbocycles. The number of rotatable bonds is 3. The lowest BCUT2D eigenvalue weighted by atomic mass is 9.95. The van der Waals surface area contributed by atoms with Crippen molar-refractivity contribution in [3.63, 3.8) is 0 Å². The Morgan fingerprint density at radius 2 is 1.76 bits per heavy atom. The van der Waals surface area contributed by atoms with Gasteiger partial charge in [-0.05, 0) is 42.0 Å². The molecule has 4 nitrogen and oxygen atoms in total. The second-order valence-electron chi connectivity index (χ2n) is 6.71. The minimum atomic E-state index is -0.0220. The summed E-state index contributed by atoms with van der Waals surface area (Å²) in [6, 6.07) is 10.4. The lowest BCUT2D eigenvalue weighted by Gasteiger charge is -2.22. The van der Waals surface area contributed by atoms with Crippen LogP contribution in [-0.2, 0) is 0 Å². The molecule has 1 fully saturated rings. The van der Waals surface area contributed by atoms with Gasteiger partial charge in [-0.1, -0.05) is 31.4 Å². The fraction of sp³-hybridized carbons (Fsp3) is 0.286. The maximum absolute atomic E-state index is 12.5. The van der Waals surface area contributed by atoms with E-state index in [1.165, 1.54) is 19.3 Å². The van der Waals surface area contributed by atoms with Gasteiger partial charge in [0, 0.05) is 41.8 Å². The minimum absolute atomic E-state index is 0.0220. The van der Waals surface area contributed by atoms with Crippen molar-refractivity contribution in [2.45, 2.75) is 38.1 Å². The molecule has 0 aliphatic heterocycles. The van der Waals surface area contributed by atoms with Crippen LogP contribution >= 0.6 is 0 Å². The van der Waals surface area contributed by atoms with Gasteiger partial charge in [0.05, 0.1) is 5.56 Å². The molecule has 3 aromatic rings. The van der Waals surface area contributed by atoms with Crippen LogP contribution < -0.4 is 5.32 Å². The predicted octanol–water partition coefficient (Wildman–Crippen LogP) is 4.36. The van der Waals surface area contributed by atoms with Gasteiger partial charge in [-0.15, -0.1) is 0 Å². The fourth-order valence-electron chi connectivity index (χ4n) is 3.50. The van der Waals surface area contributed by atoms with Crippen molar-refractivity contribution in [2.75, 3.05) is 0 Å². The number of hydrogen-bond donors (Lipinski definition) is 1. The van der Waals surface area contributed by atoms with E-state index in [1.54, 1.807) is 18.6 Å². The molecule has 0 atom stereocenters. The monoisotopic (exact) mass is 331 g/mol. The number of hydrogen-bond acceptors (Lipinski definition) is 3. The number of nitrogens with zero attached hydrogens (tertiary/aromatic N) is 2. The number of pyridine rings is 2. The highest BCUT2D eigenvalue weighted by Crippen LogP contribution is 2.24. The van der Waals surface area contributed by atoms with E-state index in [9.17, 15) is 4.79 Å². The van der Waals surface area contributed by atoms with Crippen LogP contribution in [0.1, 0.15) is 42.5 Å². The van der Waals surface area contributed by atoms with E-state index in [4.69, 9.17) is 0 Å². The largest absolute Gasteiger partial charge is 0.349 e. The Balaban J connectivity index is 1.58. The second kappa shape index (κ2) is 7.01. The highest BCUT2D eigenvalue weighted by Gasteiger charge is 2.17. The van der Waals surface area contributed by atoms with E-state index in [-0.39, 0.29) is 5.91 Å². The molecule has 2 heterocycles. The van der Waals surface area contributed by atoms with E-state index in [0.717, 1.165) is 34.7 Å². The van der Waals surface area contributed by atoms with Crippen LogP contribution in [0.2, 0.25) is 0 Å². The molecule has 0 radical (unpaired) electrons. The summed E-state index contributed by atoms with van der Waals surface area (Å²) in [5, 5.41) is 5.39. The normalized spacial score (nSPS) is 15.2. The lowest BCUT2D eigenvalue weighted by molar-refractivity contribution is 0.0927. The van der Waals surface area contributed by atoms with Crippen LogP contribution in [0.4, 0.5) is 0 Å². The zero-order chi connectivity index (χ0) is 17.1. The summed E-state index contributed by atoms with van der Waals surface area (Å²) in [7, 11) is 0. The third-order valence-electron chi connectivity index (χ3n) is 4.91. The Labute approximate surface area is 147 Å². The molecular formula is C21H21N3O. The first kappa shape index (κ1) is 15.8. The fourth-order valence-corrected chi connectivity index (χ4v) is 3.50. The van der Waals surface area contributed by atoms with Gasteiger partial charge in [-0.3, -0.25) is 14.8 Å². The van der Waals surface area contributed by atoms with Gasteiger partial charge >= 0.3 is 0 Å². The Kier molecular flexibility index (Phi) is 4.42. The summed E-state index contributed by atoms with van der Waals surface area (Å²) in [6.07, 6.45) is 12.9. The third kappa shape index (κ3) is 3.53. The first-order valence-electron chi connectivity index (χ1n) is 8.90. The highest BCUT2D eigenvalue weighted by atomic mass is 16.1. The average Bonchev–Trinajstić information content (AvgIpc) is 2.68. The smallest absolute Gasteiger partial charge is 0.253 e. The number of aromatic nitrogens is 2. The lowest BCUT2D eigenvalue weighted by Crippen LogP contribution is -2.36. The second-order valence-corrected chi connectivity index (χ2v) is 6.71. The number of nitrogens with one attached hydrogen (secondary N) is 1. The van der Waals surface area contributed by atoms with Crippen LogP contribution in [0.25, 0.3) is 21.9 Å². The standard InChI is InChI=1S/C21H21N3O/c25-21(24-20-4-2-1-3-5-20)19-11-18(13-23-14-19)15-6-7-17-12-22-9-8-16(17)10-15/h6-14,20H,1-5H2,(H,24,25). The Morgan fingerprint density at radius 3 is 2.64 bits per heavy atom. The third-order valence-corrected chi connectivity index (χ3v) is 4.91. The summed E-state index contributed by atoms with van der Waals surface area (Å²) in [4.78, 5) is 21.0. The molecule has 0 bridgehead atoms. The van der Waals surface area contributed by atoms with Crippen molar-refractivity contribution < 1.29 is 4.79 Å². The predicted molar refractivity (Wildman–Crippen MR) is 99.3 cm³/mol. The minimum Gasteiger partial charge on any atom is -0.349 e. The van der Waals surface area contributed by atoms with Gasteiger partial charge in [0.2, 0.25) is 0 Å². The van der Waals surface area contributed by atoms with Crippen LogP contribution in [0.15, 0.2) is 55.1 Å². The molecule has 126 valence electrons. The van der Waals surface area contributed by atoms with Crippen LogP contribution in [0.3, 0.4) is 0 Å². The van der Waals surface area contributed by atoms with E-state index in [2.05, 4.69) is 21.4 Å². The first-order valence-corrected chi connectivity index (χ1v) is 8.90. The zero-order valence-electron chi connectivity index (χ0n) is 14.1. The zero-order valence-corrected chi connectivity index (χ0v) is 14.1. The number of benzene rings is 1. The molecule has 4 rings (SSSR count). The summed E-state index contributed by atoms with van der Waals surface area (Å²) >= 11 is 0. The summed E-state index contributed by atoms with van der Waals surface area (Å²) in [5.41, 5.74) is 2.63. The van der Waals surface area contributed by atoms with Crippen molar-refractivity contribution in [3.8, 4) is 11.1 Å². The van der Waals surface area contributed by atoms with E-state index in [1.807, 2.05) is 30.5 Å². The van der Waals surface area contributed by atoms with Gasteiger partial charge < -0.3 is 5.32 Å². The molecular weight excluding hydrogens is 310 g/mol. The molecule has 2 aromatic heterocycles. The molecule has 1 aliphatic carbocycles. The van der Waals surface area contributed by atoms with Gasteiger partial charge in [-0.25, -0.2) is 0 Å². The summed E-state index contributed by atoms with van der Waals surface area (Å²) in [5.74, 6) is -0.0220. The quantitative estimate of drug-likeness (QED) is 0.776. The Bertz CT molecular complexity index is 900. The Morgan fingerprint density at radius 1 is 0.880 bits per heavy atom. The van der Waals surface area contributed by atoms with E-state index in [0.29, 0.717) is 11.6 Å². The molecule has 0 spiro atoms. The van der Waals surface area contributed by atoms with E-state index >= 15 is 0 Å². The number of fused-ring (bicyclic) bond motifs is 1. The molecule has 25 heavy (non-hydrogen) atoms. The summed E-state index contributed by atoms with van der Waals surface area (Å²) < 4.78 is 0. The number of carbonyl (C=O) groups excluding carboxylic acids is 1. The molecule has 4 heteroatoms. The van der Waals surface area contributed by atoms with Crippen molar-refractivity contribution in [3.05, 3.63) is 60.7 Å². The topological polar surface area (TPSA) is 54.9 Å². The number of carbonyl (C=O) groups is 1. The van der Waals surface area contributed by atoms with E-state index < -0.39 is 0 Å². The molecule has 1 saturated carbocycles. The maximum Gasteiger partial charge on any atom is 0.253 e. The molecule has 0 unspecified atom stereocenters. The van der Waals surface area contributed by atoms with Gasteiger partial charge in [0.15, 0.2) is 0 Å². The maximum atomic E-state index is 12.5. The summed E-state index contributed by atoms with van der Waals surface area (Å²) in [6.45, 7) is 0. The van der Waals surface area contributed by atoms with Crippen LogP contribution in [0, 0.1) is 0 Å². The number of amides is 1. The van der Waals surface area contributed by atoms with Gasteiger partial charge in [0.25, 0.3) is 5.91 Å². The molecule has 0 saturated heterocycles. The molecule has 1 N–H and O–H groups in total. The van der Waals surface area contributed by atoms with Gasteiger partial charge in [-0.2, -0.15) is 0 Å². The van der Waals surface area contributed by atoms with Crippen molar-refractivity contribution >= 4 is 16.7 Å². The SMILES string of the molecule is O=C(NC1CCCCC1)c1cncc(-c2ccc3cnccc3c2)c1. The van der Waals surface area contributed by atoms with Crippen LogP contribution in [0.5, 0.6) is 0 Å². The molecule has 1 aliphatic rings. The average molecular weight is 331 g/mol.